The number of fused-ring (bicyclic) bond motifs is 4. The van der Waals surface area contributed by atoms with E-state index in [1.54, 1.807) is 46.4 Å². The van der Waals surface area contributed by atoms with Crippen LogP contribution in [0, 0.1) is 6.85 Å². The normalized spacial score (nSPS) is 14.4. The molecule has 4 aromatic carbocycles. The Hall–Kier alpha value is -4.28. The molecule has 0 unspecified atom stereocenters. The molecule has 0 aliphatic carbocycles. The van der Waals surface area contributed by atoms with Gasteiger partial charge in [0.15, 0.2) is 0 Å². The number of hydrogen-bond acceptors (Lipinski definition) is 3. The molecule has 0 radical (unpaired) electrons. The molecule has 0 aliphatic heterocycles. The maximum atomic E-state index is 9.26. The van der Waals surface area contributed by atoms with Crippen LogP contribution in [-0.2, 0) is 6.50 Å². The van der Waals surface area contributed by atoms with E-state index >= 15 is 0 Å². The summed E-state index contributed by atoms with van der Waals surface area (Å²) in [6.07, 6.45) is 1.78. The number of aromatic nitrogens is 3. The van der Waals surface area contributed by atoms with Crippen LogP contribution in [0.1, 0.15) is 18.0 Å². The molecule has 36 heavy (non-hydrogen) atoms. The third kappa shape index (κ3) is 3.42. The standard InChI is InChI=1S/C32H23N3S/c1-21-14-16-23(17-15-21)29-31-25(18-19-33-29)24-10-7-11-26(30(24)36-31)32-34-27-12-5-6-13-28(27)35(32)20-22-8-3-2-4-9-22/h2-19H,20H2,1H3/i1D3,20D2. The summed E-state index contributed by atoms with van der Waals surface area (Å²) in [4.78, 5) is 9.66. The van der Waals surface area contributed by atoms with Gasteiger partial charge >= 0.3 is 0 Å². The summed E-state index contributed by atoms with van der Waals surface area (Å²) in [5.41, 5.74) is 4.72. The van der Waals surface area contributed by atoms with Gasteiger partial charge in [0.2, 0.25) is 0 Å². The van der Waals surface area contributed by atoms with Crippen molar-refractivity contribution in [1.82, 2.24) is 14.5 Å². The second kappa shape index (κ2) is 8.43. The lowest BCUT2D eigenvalue weighted by Crippen LogP contribution is -2.02. The molecule has 7 rings (SSSR count). The molecule has 3 heterocycles. The van der Waals surface area contributed by atoms with Gasteiger partial charge in [-0.05, 0) is 36.7 Å². The number of thiophene rings is 1. The van der Waals surface area contributed by atoms with Gasteiger partial charge in [-0.15, -0.1) is 11.3 Å². The summed E-state index contributed by atoms with van der Waals surface area (Å²) >= 11 is 1.59. The molecular formula is C32H23N3S. The van der Waals surface area contributed by atoms with Crippen molar-refractivity contribution in [2.75, 3.05) is 0 Å². The zero-order chi connectivity index (χ0) is 28.4. The van der Waals surface area contributed by atoms with Gasteiger partial charge < -0.3 is 4.57 Å². The van der Waals surface area contributed by atoms with Crippen LogP contribution in [0.2, 0.25) is 0 Å². The Bertz CT molecular complexity index is 2060. The number of nitrogens with zero attached hydrogens (tertiary/aromatic N) is 3. The Balaban J connectivity index is 1.47. The van der Waals surface area contributed by atoms with E-state index in [-0.39, 0.29) is 0 Å². The molecule has 0 bridgehead atoms. The molecule has 0 saturated heterocycles. The summed E-state index contributed by atoms with van der Waals surface area (Å²) < 4.78 is 45.3. The zero-order valence-electron chi connectivity index (χ0n) is 24.1. The predicted octanol–water partition coefficient (Wildman–Crippen LogP) is 8.49. The molecule has 172 valence electrons. The average molecular weight is 487 g/mol. The van der Waals surface area contributed by atoms with Crippen molar-refractivity contribution in [3.63, 3.8) is 0 Å². The third-order valence-corrected chi connectivity index (χ3v) is 7.65. The van der Waals surface area contributed by atoms with E-state index in [9.17, 15) is 2.74 Å². The van der Waals surface area contributed by atoms with Crippen molar-refractivity contribution >= 4 is 42.5 Å². The SMILES string of the molecule is [2H]C([2H])([2H])c1ccc(-c2nccc3c2sc2c(-c4nc5ccccc5n4C([2H])([2H])c4ccccc4)cccc23)cc1. The molecule has 3 nitrogen and oxygen atoms in total. The fourth-order valence-electron chi connectivity index (χ4n) is 4.70. The minimum absolute atomic E-state index is 0.290. The predicted molar refractivity (Wildman–Crippen MR) is 152 cm³/mol. The van der Waals surface area contributed by atoms with Gasteiger partial charge in [-0.1, -0.05) is 84.4 Å². The van der Waals surface area contributed by atoms with Crippen molar-refractivity contribution in [2.45, 2.75) is 13.3 Å². The first kappa shape index (κ1) is 16.4. The number of benzene rings is 4. The van der Waals surface area contributed by atoms with Gasteiger partial charge in [0, 0.05) is 43.4 Å². The van der Waals surface area contributed by atoms with Crippen LogP contribution >= 0.6 is 11.3 Å². The van der Waals surface area contributed by atoms with Gasteiger partial charge in [-0.2, -0.15) is 0 Å². The monoisotopic (exact) mass is 486 g/mol. The van der Waals surface area contributed by atoms with E-state index in [2.05, 4.69) is 11.1 Å². The maximum Gasteiger partial charge on any atom is 0.142 e. The lowest BCUT2D eigenvalue weighted by molar-refractivity contribution is 0.835. The second-order valence-electron chi connectivity index (χ2n) is 8.64. The summed E-state index contributed by atoms with van der Waals surface area (Å²) in [5.74, 6) is 0.550. The van der Waals surface area contributed by atoms with Crippen molar-refractivity contribution < 1.29 is 6.85 Å². The second-order valence-corrected chi connectivity index (χ2v) is 9.66. The van der Waals surface area contributed by atoms with Crippen molar-refractivity contribution in [3.8, 4) is 22.6 Å². The van der Waals surface area contributed by atoms with Crippen LogP contribution < -0.4 is 0 Å². The molecule has 0 fully saturated rings. The van der Waals surface area contributed by atoms with Crippen LogP contribution in [0.5, 0.6) is 0 Å². The van der Waals surface area contributed by atoms with Crippen LogP contribution in [0.15, 0.2) is 109 Å². The maximum absolute atomic E-state index is 9.26. The number of para-hydroxylation sites is 2. The van der Waals surface area contributed by atoms with Crippen LogP contribution in [0.3, 0.4) is 0 Å². The molecule has 0 amide bonds. The summed E-state index contributed by atoms with van der Waals surface area (Å²) in [7, 11) is 0. The number of rotatable bonds is 4. The topological polar surface area (TPSA) is 30.7 Å². The van der Waals surface area contributed by atoms with Crippen molar-refractivity contribution in [2.24, 2.45) is 0 Å². The highest BCUT2D eigenvalue weighted by molar-refractivity contribution is 7.26. The van der Waals surface area contributed by atoms with Gasteiger partial charge in [-0.3, -0.25) is 4.98 Å². The number of imidazole rings is 1. The first-order chi connectivity index (χ1) is 19.7. The van der Waals surface area contributed by atoms with E-state index in [0.717, 1.165) is 42.5 Å². The molecule has 0 spiro atoms. The Morgan fingerprint density at radius 1 is 0.806 bits per heavy atom. The lowest BCUT2D eigenvalue weighted by Gasteiger charge is -2.10. The largest absolute Gasteiger partial charge is 0.319 e. The molecule has 0 atom stereocenters. The molecule has 7 aromatic rings. The number of hydrogen-bond donors (Lipinski definition) is 0. The van der Waals surface area contributed by atoms with E-state index in [0.29, 0.717) is 22.5 Å². The minimum atomic E-state index is -2.17. The number of pyridine rings is 1. The third-order valence-electron chi connectivity index (χ3n) is 6.39. The highest BCUT2D eigenvalue weighted by Crippen LogP contribution is 2.43. The zero-order valence-corrected chi connectivity index (χ0v) is 20.0. The first-order valence-corrected chi connectivity index (χ1v) is 12.5. The van der Waals surface area contributed by atoms with Crippen LogP contribution in [-0.4, -0.2) is 14.5 Å². The minimum Gasteiger partial charge on any atom is -0.319 e. The molecule has 0 N–H and O–H groups in total. The average Bonchev–Trinajstić information content (AvgIpc) is 3.56. The number of aryl methyl sites for hydroxylation is 1. The van der Waals surface area contributed by atoms with Gasteiger partial charge in [0.25, 0.3) is 0 Å². The summed E-state index contributed by atoms with van der Waals surface area (Å²) in [5, 5.41) is 2.06. The van der Waals surface area contributed by atoms with Gasteiger partial charge in [-0.25, -0.2) is 4.98 Å². The highest BCUT2D eigenvalue weighted by Gasteiger charge is 2.19. The lowest BCUT2D eigenvalue weighted by atomic mass is 10.1. The van der Waals surface area contributed by atoms with E-state index in [4.69, 9.17) is 9.10 Å². The molecule has 3 aromatic heterocycles. The Labute approximate surface area is 220 Å². The van der Waals surface area contributed by atoms with E-state index < -0.39 is 13.3 Å². The summed E-state index contributed by atoms with van der Waals surface area (Å²) in [6, 6.07) is 31.7. The van der Waals surface area contributed by atoms with Crippen molar-refractivity contribution in [1.29, 1.82) is 0 Å². The summed E-state index contributed by atoms with van der Waals surface area (Å²) in [6.45, 7) is -4.02. The van der Waals surface area contributed by atoms with Crippen LogP contribution in [0.25, 0.3) is 53.9 Å². The smallest absolute Gasteiger partial charge is 0.142 e. The van der Waals surface area contributed by atoms with Crippen LogP contribution in [0.4, 0.5) is 0 Å². The Morgan fingerprint density at radius 3 is 2.47 bits per heavy atom. The fourth-order valence-corrected chi connectivity index (χ4v) is 6.01. The molecule has 0 saturated carbocycles. The Morgan fingerprint density at radius 2 is 1.61 bits per heavy atom. The van der Waals surface area contributed by atoms with E-state index in [1.807, 2.05) is 72.8 Å². The van der Waals surface area contributed by atoms with Gasteiger partial charge in [0.1, 0.15) is 5.82 Å². The molecule has 0 aliphatic rings. The first-order valence-electron chi connectivity index (χ1n) is 14.2. The highest BCUT2D eigenvalue weighted by atomic mass is 32.1. The van der Waals surface area contributed by atoms with Crippen molar-refractivity contribution in [3.05, 3.63) is 120 Å². The molecular weight excluding hydrogens is 458 g/mol. The van der Waals surface area contributed by atoms with E-state index in [1.165, 1.54) is 0 Å². The fraction of sp³-hybridized carbons (Fsp3) is 0.0625. The Kier molecular flexibility index (Phi) is 3.84. The molecule has 4 heteroatoms. The quantitative estimate of drug-likeness (QED) is 0.250. The van der Waals surface area contributed by atoms with Gasteiger partial charge in [0.05, 0.1) is 24.2 Å².